The molecule has 2 N–H and O–H groups in total. The highest BCUT2D eigenvalue weighted by Crippen LogP contribution is 2.49. The van der Waals surface area contributed by atoms with E-state index < -0.39 is 28.9 Å². The van der Waals surface area contributed by atoms with Crippen molar-refractivity contribution >= 4 is 52.5 Å². The Bertz CT molecular complexity index is 1450. The Labute approximate surface area is 230 Å². The van der Waals surface area contributed by atoms with Gasteiger partial charge >= 0.3 is 18.3 Å². The summed E-state index contributed by atoms with van der Waals surface area (Å²) in [6, 6.07) is 14.4. The van der Waals surface area contributed by atoms with Crippen LogP contribution in [0.2, 0.25) is 5.02 Å². The SMILES string of the molecule is CCOC(=O)N1C=CN2c3cc(Oc4ccc(NC(=O)Nc5ccc(Cl)c(C(F)(F)F)c5)cc4)ccc3SC12. The monoisotopic (exact) mass is 576 g/mol. The second-order valence-corrected chi connectivity index (χ2v) is 9.79. The van der Waals surface area contributed by atoms with Gasteiger partial charge in [-0.1, -0.05) is 23.4 Å². The molecule has 1 atom stereocenters. The van der Waals surface area contributed by atoms with E-state index in [2.05, 4.69) is 10.6 Å². The Morgan fingerprint density at radius 1 is 0.974 bits per heavy atom. The number of amides is 3. The molecule has 0 fully saturated rings. The molecule has 13 heteroatoms. The van der Waals surface area contributed by atoms with E-state index in [9.17, 15) is 22.8 Å². The predicted octanol–water partition coefficient (Wildman–Crippen LogP) is 7.93. The Balaban J connectivity index is 1.20. The van der Waals surface area contributed by atoms with Crippen LogP contribution >= 0.6 is 23.4 Å². The van der Waals surface area contributed by atoms with Crippen molar-refractivity contribution in [2.45, 2.75) is 23.5 Å². The van der Waals surface area contributed by atoms with Gasteiger partial charge in [0.2, 0.25) is 0 Å². The van der Waals surface area contributed by atoms with Gasteiger partial charge in [0.1, 0.15) is 11.5 Å². The predicted molar refractivity (Wildman–Crippen MR) is 142 cm³/mol. The van der Waals surface area contributed by atoms with Crippen molar-refractivity contribution in [3.05, 3.63) is 83.6 Å². The number of nitrogens with one attached hydrogen (secondary N) is 2. The van der Waals surface area contributed by atoms with Crippen molar-refractivity contribution in [1.82, 2.24) is 4.90 Å². The Kier molecular flexibility index (Phi) is 7.23. The van der Waals surface area contributed by atoms with Gasteiger partial charge in [0.25, 0.3) is 0 Å². The highest BCUT2D eigenvalue weighted by molar-refractivity contribution is 8.00. The van der Waals surface area contributed by atoms with Gasteiger partial charge in [-0.05, 0) is 61.5 Å². The Hall–Kier alpha value is -4.03. The molecule has 0 saturated heterocycles. The number of halogens is 4. The minimum absolute atomic E-state index is 0.0561. The maximum atomic E-state index is 13.1. The zero-order chi connectivity index (χ0) is 27.7. The second kappa shape index (κ2) is 10.6. The summed E-state index contributed by atoms with van der Waals surface area (Å²) in [7, 11) is 0. The van der Waals surface area contributed by atoms with Crippen LogP contribution in [0.15, 0.2) is 78.0 Å². The van der Waals surface area contributed by atoms with E-state index in [4.69, 9.17) is 21.1 Å². The summed E-state index contributed by atoms with van der Waals surface area (Å²) in [5.41, 5.74) is -0.0740. The molecule has 202 valence electrons. The molecular weight excluding hydrogens is 557 g/mol. The number of benzene rings is 3. The minimum atomic E-state index is -4.64. The summed E-state index contributed by atoms with van der Waals surface area (Å²) in [4.78, 5) is 29.0. The normalized spacial score (nSPS) is 15.6. The lowest BCUT2D eigenvalue weighted by Gasteiger charge is -2.23. The molecule has 1 unspecified atom stereocenters. The third-order valence-electron chi connectivity index (χ3n) is 5.66. The van der Waals surface area contributed by atoms with Crippen molar-refractivity contribution in [3.8, 4) is 11.5 Å². The summed E-state index contributed by atoms with van der Waals surface area (Å²) < 4.78 is 50.2. The van der Waals surface area contributed by atoms with Gasteiger partial charge in [0, 0.05) is 34.7 Å². The summed E-state index contributed by atoms with van der Waals surface area (Å²) in [5, 5.41) is 4.46. The number of ether oxygens (including phenoxy) is 2. The summed E-state index contributed by atoms with van der Waals surface area (Å²) >= 11 is 7.13. The standard InChI is InChI=1S/C26H20ClF3N4O4S/c1-2-37-25(36)34-12-11-33-21-14-18(8-10-22(21)39-24(33)34)38-17-6-3-15(4-7-17)31-23(35)32-16-5-9-20(27)19(13-16)26(28,29)30/h3-14,24H,2H2,1H3,(H2,31,32,35). The maximum Gasteiger partial charge on any atom is 0.417 e. The largest absolute Gasteiger partial charge is 0.457 e. The molecule has 0 bridgehead atoms. The zero-order valence-electron chi connectivity index (χ0n) is 20.2. The number of nitrogens with zero attached hydrogens (tertiary/aromatic N) is 2. The first-order valence-corrected chi connectivity index (χ1v) is 12.8. The molecule has 5 rings (SSSR count). The van der Waals surface area contributed by atoms with Crippen LogP contribution in [0.1, 0.15) is 12.5 Å². The number of hydrogen-bond acceptors (Lipinski definition) is 6. The van der Waals surface area contributed by atoms with Crippen molar-refractivity contribution in [1.29, 1.82) is 0 Å². The molecule has 3 aromatic rings. The number of thioether (sulfide) groups is 1. The van der Waals surface area contributed by atoms with Crippen LogP contribution in [0.25, 0.3) is 0 Å². The number of urea groups is 1. The van der Waals surface area contributed by atoms with Gasteiger partial charge in [0.05, 0.1) is 22.9 Å². The highest BCUT2D eigenvalue weighted by Gasteiger charge is 2.39. The molecule has 39 heavy (non-hydrogen) atoms. The second-order valence-electron chi connectivity index (χ2n) is 8.28. The molecular formula is C26H20ClF3N4O4S. The van der Waals surface area contributed by atoms with Gasteiger partial charge in [0.15, 0.2) is 5.50 Å². The number of fused-ring (bicyclic) bond motifs is 3. The lowest BCUT2D eigenvalue weighted by Crippen LogP contribution is -2.37. The van der Waals surface area contributed by atoms with Crippen molar-refractivity contribution in [3.63, 3.8) is 0 Å². The summed E-state index contributed by atoms with van der Waals surface area (Å²) in [6.45, 7) is 2.04. The van der Waals surface area contributed by atoms with Gasteiger partial charge < -0.3 is 25.0 Å². The number of carbonyl (C=O) groups excluding carboxylic acids is 2. The molecule has 0 aromatic heterocycles. The quantitative estimate of drug-likeness (QED) is 0.321. The van der Waals surface area contributed by atoms with Crippen LogP contribution in [0.5, 0.6) is 11.5 Å². The topological polar surface area (TPSA) is 83.1 Å². The third kappa shape index (κ3) is 5.71. The smallest absolute Gasteiger partial charge is 0.417 e. The molecule has 3 amide bonds. The number of alkyl halides is 3. The molecule has 0 saturated carbocycles. The fourth-order valence-corrected chi connectivity index (χ4v) is 5.37. The van der Waals surface area contributed by atoms with Crippen molar-refractivity contribution in [2.75, 3.05) is 22.1 Å². The first kappa shape index (κ1) is 26.6. The maximum absolute atomic E-state index is 13.1. The zero-order valence-corrected chi connectivity index (χ0v) is 21.7. The van der Waals surface area contributed by atoms with Crippen LogP contribution < -0.4 is 20.3 Å². The van der Waals surface area contributed by atoms with E-state index in [1.54, 1.807) is 37.4 Å². The highest BCUT2D eigenvalue weighted by atomic mass is 35.5. The number of rotatable bonds is 5. The van der Waals surface area contributed by atoms with E-state index >= 15 is 0 Å². The molecule has 0 spiro atoms. The van der Waals surface area contributed by atoms with Crippen LogP contribution in [-0.2, 0) is 10.9 Å². The molecule has 2 aliphatic rings. The van der Waals surface area contributed by atoms with Crippen LogP contribution in [0, 0.1) is 0 Å². The van der Waals surface area contributed by atoms with Crippen LogP contribution in [-0.4, -0.2) is 29.1 Å². The van der Waals surface area contributed by atoms with E-state index in [0.717, 1.165) is 22.7 Å². The lowest BCUT2D eigenvalue weighted by molar-refractivity contribution is -0.137. The first-order valence-electron chi connectivity index (χ1n) is 11.6. The van der Waals surface area contributed by atoms with Gasteiger partial charge in [-0.2, -0.15) is 13.2 Å². The van der Waals surface area contributed by atoms with E-state index in [1.807, 2.05) is 29.3 Å². The fourth-order valence-electron chi connectivity index (χ4n) is 3.92. The average molecular weight is 577 g/mol. The lowest BCUT2D eigenvalue weighted by atomic mass is 10.2. The van der Waals surface area contributed by atoms with Crippen LogP contribution in [0.4, 0.5) is 39.8 Å². The average Bonchev–Trinajstić information content (AvgIpc) is 3.45. The van der Waals surface area contributed by atoms with Gasteiger partial charge in [-0.25, -0.2) is 9.59 Å². The molecule has 3 aromatic carbocycles. The van der Waals surface area contributed by atoms with Gasteiger partial charge in [-0.3, -0.25) is 4.90 Å². The fraction of sp³-hybridized carbons (Fsp3) is 0.154. The first-order chi connectivity index (χ1) is 18.6. The molecule has 0 aliphatic carbocycles. The molecule has 2 aliphatic heterocycles. The van der Waals surface area contributed by atoms with Crippen LogP contribution in [0.3, 0.4) is 0 Å². The molecule has 8 nitrogen and oxygen atoms in total. The van der Waals surface area contributed by atoms with E-state index in [1.165, 1.54) is 22.7 Å². The molecule has 0 radical (unpaired) electrons. The van der Waals surface area contributed by atoms with E-state index in [-0.39, 0.29) is 17.8 Å². The molecule has 2 heterocycles. The minimum Gasteiger partial charge on any atom is -0.457 e. The number of anilines is 3. The Morgan fingerprint density at radius 2 is 1.67 bits per heavy atom. The van der Waals surface area contributed by atoms with E-state index in [0.29, 0.717) is 17.2 Å². The van der Waals surface area contributed by atoms with Gasteiger partial charge in [-0.15, -0.1) is 0 Å². The Morgan fingerprint density at radius 3 is 2.38 bits per heavy atom. The summed E-state index contributed by atoms with van der Waals surface area (Å²) in [6.07, 6.45) is -1.58. The third-order valence-corrected chi connectivity index (χ3v) is 7.25. The summed E-state index contributed by atoms with van der Waals surface area (Å²) in [5.74, 6) is 1.07. The number of hydrogen-bond donors (Lipinski definition) is 2. The van der Waals surface area contributed by atoms with Crippen molar-refractivity contribution in [2.24, 2.45) is 0 Å². The van der Waals surface area contributed by atoms with Crippen molar-refractivity contribution < 1.29 is 32.2 Å². The number of carbonyl (C=O) groups is 2.